The zero-order valence-corrected chi connectivity index (χ0v) is 8.67. The maximum atomic E-state index is 11.0. The summed E-state index contributed by atoms with van der Waals surface area (Å²) < 4.78 is 4.64. The molecule has 0 aromatic heterocycles. The van der Waals surface area contributed by atoms with E-state index in [0.717, 1.165) is 12.5 Å². The minimum Gasteiger partial charge on any atom is -0.469 e. The van der Waals surface area contributed by atoms with Gasteiger partial charge < -0.3 is 10.1 Å². The molecule has 13 heavy (non-hydrogen) atoms. The van der Waals surface area contributed by atoms with Gasteiger partial charge in [-0.15, -0.1) is 0 Å². The average Bonchev–Trinajstić information content (AvgIpc) is 2.08. The van der Waals surface area contributed by atoms with Gasteiger partial charge in [-0.2, -0.15) is 0 Å². The summed E-state index contributed by atoms with van der Waals surface area (Å²) >= 11 is 0. The second-order valence-electron chi connectivity index (χ2n) is 4.11. The maximum absolute atomic E-state index is 11.0. The third-order valence-electron chi connectivity index (χ3n) is 2.69. The normalized spacial score (nSPS) is 29.2. The first-order valence-electron chi connectivity index (χ1n) is 4.94. The van der Waals surface area contributed by atoms with Crippen LogP contribution in [-0.2, 0) is 9.53 Å². The molecule has 1 atom stereocenters. The van der Waals surface area contributed by atoms with Crippen molar-refractivity contribution in [1.82, 2.24) is 5.32 Å². The van der Waals surface area contributed by atoms with Crippen molar-refractivity contribution in [2.24, 2.45) is 11.8 Å². The van der Waals surface area contributed by atoms with Crippen molar-refractivity contribution in [1.29, 1.82) is 0 Å². The number of esters is 1. The van der Waals surface area contributed by atoms with E-state index in [2.05, 4.69) is 17.0 Å². The first kappa shape index (κ1) is 10.5. The molecule has 76 valence electrons. The van der Waals surface area contributed by atoms with Crippen LogP contribution in [0, 0.1) is 11.8 Å². The highest BCUT2D eigenvalue weighted by Gasteiger charge is 2.25. The zero-order valence-electron chi connectivity index (χ0n) is 8.67. The van der Waals surface area contributed by atoms with E-state index in [4.69, 9.17) is 0 Å². The molecule has 0 bridgehead atoms. The largest absolute Gasteiger partial charge is 0.469 e. The van der Waals surface area contributed by atoms with Gasteiger partial charge in [0.1, 0.15) is 0 Å². The molecule has 0 heterocycles. The molecule has 1 rings (SSSR count). The van der Waals surface area contributed by atoms with Gasteiger partial charge in [-0.05, 0) is 18.8 Å². The summed E-state index contributed by atoms with van der Waals surface area (Å²) in [5.41, 5.74) is 0. The summed E-state index contributed by atoms with van der Waals surface area (Å²) in [6, 6.07) is 0.627. The molecule has 0 aliphatic heterocycles. The van der Waals surface area contributed by atoms with E-state index in [1.807, 2.05) is 6.92 Å². The second kappa shape index (κ2) is 4.61. The predicted molar refractivity (Wildman–Crippen MR) is 51.4 cm³/mol. The van der Waals surface area contributed by atoms with Crippen LogP contribution in [0.3, 0.4) is 0 Å². The minimum absolute atomic E-state index is 0.0269. The van der Waals surface area contributed by atoms with E-state index in [9.17, 15) is 4.79 Å². The molecule has 0 aromatic carbocycles. The van der Waals surface area contributed by atoms with Crippen LogP contribution in [-0.4, -0.2) is 25.7 Å². The fourth-order valence-corrected chi connectivity index (χ4v) is 1.70. The fraction of sp³-hybridized carbons (Fsp3) is 0.900. The van der Waals surface area contributed by atoms with Crippen molar-refractivity contribution in [3.8, 4) is 0 Å². The van der Waals surface area contributed by atoms with Crippen LogP contribution >= 0.6 is 0 Å². The maximum Gasteiger partial charge on any atom is 0.309 e. The standard InChI is InChI=1S/C10H19NO2/c1-7-4-9(5-7)11-6-8(2)10(12)13-3/h7-9,11H,4-6H2,1-3H3. The summed E-state index contributed by atoms with van der Waals surface area (Å²) in [6.45, 7) is 4.88. The van der Waals surface area contributed by atoms with Crippen molar-refractivity contribution in [3.63, 3.8) is 0 Å². The Labute approximate surface area is 79.8 Å². The number of nitrogens with one attached hydrogen (secondary N) is 1. The van der Waals surface area contributed by atoms with E-state index in [-0.39, 0.29) is 11.9 Å². The molecule has 1 unspecified atom stereocenters. The lowest BCUT2D eigenvalue weighted by atomic mass is 9.82. The molecule has 0 spiro atoms. The number of hydrogen-bond donors (Lipinski definition) is 1. The Bertz CT molecular complexity index is 176. The molecule has 1 fully saturated rings. The highest BCUT2D eigenvalue weighted by molar-refractivity contribution is 5.72. The number of methoxy groups -OCH3 is 1. The van der Waals surface area contributed by atoms with Crippen LogP contribution in [0.1, 0.15) is 26.7 Å². The van der Waals surface area contributed by atoms with E-state index in [0.29, 0.717) is 6.04 Å². The zero-order chi connectivity index (χ0) is 9.84. The van der Waals surface area contributed by atoms with Crippen molar-refractivity contribution in [3.05, 3.63) is 0 Å². The lowest BCUT2D eigenvalue weighted by molar-refractivity contribution is -0.144. The van der Waals surface area contributed by atoms with Crippen molar-refractivity contribution in [2.45, 2.75) is 32.7 Å². The Balaban J connectivity index is 2.08. The summed E-state index contributed by atoms with van der Waals surface area (Å²) in [4.78, 5) is 11.0. The van der Waals surface area contributed by atoms with Crippen LogP contribution in [0.25, 0.3) is 0 Å². The number of carbonyl (C=O) groups excluding carboxylic acids is 1. The van der Waals surface area contributed by atoms with Gasteiger partial charge in [0.25, 0.3) is 0 Å². The molecule has 1 aliphatic carbocycles. The number of rotatable bonds is 4. The molecule has 3 nitrogen and oxygen atoms in total. The second-order valence-corrected chi connectivity index (χ2v) is 4.11. The Morgan fingerprint density at radius 1 is 1.62 bits per heavy atom. The first-order chi connectivity index (χ1) is 6.13. The van der Waals surface area contributed by atoms with Gasteiger partial charge in [0.05, 0.1) is 13.0 Å². The van der Waals surface area contributed by atoms with E-state index in [1.54, 1.807) is 0 Å². The van der Waals surface area contributed by atoms with Crippen LogP contribution in [0.15, 0.2) is 0 Å². The van der Waals surface area contributed by atoms with Crippen molar-refractivity contribution >= 4 is 5.97 Å². The molecule has 3 heteroatoms. The Morgan fingerprint density at radius 3 is 2.69 bits per heavy atom. The van der Waals surface area contributed by atoms with Gasteiger partial charge in [0.15, 0.2) is 0 Å². The van der Waals surface area contributed by atoms with Crippen LogP contribution in [0.5, 0.6) is 0 Å². The highest BCUT2D eigenvalue weighted by Crippen LogP contribution is 2.26. The molecular formula is C10H19NO2. The topological polar surface area (TPSA) is 38.3 Å². The van der Waals surface area contributed by atoms with Crippen molar-refractivity contribution in [2.75, 3.05) is 13.7 Å². The molecule has 0 radical (unpaired) electrons. The quantitative estimate of drug-likeness (QED) is 0.668. The lowest BCUT2D eigenvalue weighted by Crippen LogP contribution is -2.43. The van der Waals surface area contributed by atoms with E-state index in [1.165, 1.54) is 20.0 Å². The number of carbonyl (C=O) groups is 1. The molecule has 0 saturated heterocycles. The molecule has 1 aliphatic rings. The van der Waals surface area contributed by atoms with Gasteiger partial charge in [0.2, 0.25) is 0 Å². The van der Waals surface area contributed by atoms with E-state index < -0.39 is 0 Å². The number of hydrogen-bond acceptors (Lipinski definition) is 3. The third-order valence-corrected chi connectivity index (χ3v) is 2.69. The van der Waals surface area contributed by atoms with Gasteiger partial charge in [-0.25, -0.2) is 0 Å². The summed E-state index contributed by atoms with van der Waals surface area (Å²) in [6.07, 6.45) is 2.49. The molecular weight excluding hydrogens is 166 g/mol. The SMILES string of the molecule is COC(=O)C(C)CNC1CC(C)C1. The van der Waals surface area contributed by atoms with Gasteiger partial charge in [0, 0.05) is 12.6 Å². The summed E-state index contributed by atoms with van der Waals surface area (Å²) in [5.74, 6) is 0.701. The highest BCUT2D eigenvalue weighted by atomic mass is 16.5. The molecule has 1 saturated carbocycles. The predicted octanol–water partition coefficient (Wildman–Crippen LogP) is 1.18. The van der Waals surface area contributed by atoms with E-state index >= 15 is 0 Å². The van der Waals surface area contributed by atoms with Gasteiger partial charge >= 0.3 is 5.97 Å². The third kappa shape index (κ3) is 2.99. The smallest absolute Gasteiger partial charge is 0.309 e. The fourth-order valence-electron chi connectivity index (χ4n) is 1.70. The van der Waals surface area contributed by atoms with Crippen LogP contribution in [0.4, 0.5) is 0 Å². The Kier molecular flexibility index (Phi) is 3.72. The first-order valence-corrected chi connectivity index (χ1v) is 4.94. The minimum atomic E-state index is -0.125. The lowest BCUT2D eigenvalue weighted by Gasteiger charge is -2.34. The monoisotopic (exact) mass is 185 g/mol. The average molecular weight is 185 g/mol. The van der Waals surface area contributed by atoms with Crippen LogP contribution in [0.2, 0.25) is 0 Å². The van der Waals surface area contributed by atoms with Gasteiger partial charge in [-0.1, -0.05) is 13.8 Å². The Morgan fingerprint density at radius 2 is 2.23 bits per heavy atom. The van der Waals surface area contributed by atoms with Crippen molar-refractivity contribution < 1.29 is 9.53 Å². The summed E-state index contributed by atoms with van der Waals surface area (Å²) in [7, 11) is 1.43. The molecule has 0 aromatic rings. The summed E-state index contributed by atoms with van der Waals surface area (Å²) in [5, 5.41) is 3.36. The molecule has 1 N–H and O–H groups in total. The Hall–Kier alpha value is -0.570. The number of ether oxygens (including phenoxy) is 1. The van der Waals surface area contributed by atoms with Crippen LogP contribution < -0.4 is 5.32 Å². The van der Waals surface area contributed by atoms with Gasteiger partial charge in [-0.3, -0.25) is 4.79 Å². The molecule has 0 amide bonds.